The van der Waals surface area contributed by atoms with Crippen LogP contribution in [0.15, 0.2) is 42.5 Å². The summed E-state index contributed by atoms with van der Waals surface area (Å²) in [4.78, 5) is 12.0. The zero-order chi connectivity index (χ0) is 16.1. The van der Waals surface area contributed by atoms with E-state index >= 15 is 0 Å². The standard InChI is InChI=1S/C17H18N2O4/c20-13-6-4-12(5-7-13)8-9-18-17(21)19-14-2-1-3-15-16(14)23-11-10-22-15/h1-7,20H,8-11H2,(H2,18,19,21). The molecule has 3 rings (SSSR count). The normalized spacial score (nSPS) is 12.5. The van der Waals surface area contributed by atoms with E-state index in [9.17, 15) is 9.90 Å². The molecular formula is C17H18N2O4. The van der Waals surface area contributed by atoms with Crippen LogP contribution in [0, 0.1) is 0 Å². The smallest absolute Gasteiger partial charge is 0.319 e. The number of hydrogen-bond donors (Lipinski definition) is 3. The van der Waals surface area contributed by atoms with Gasteiger partial charge >= 0.3 is 6.03 Å². The first kappa shape index (κ1) is 15.0. The van der Waals surface area contributed by atoms with Gasteiger partial charge in [-0.1, -0.05) is 18.2 Å². The molecule has 0 saturated heterocycles. The van der Waals surface area contributed by atoms with Crippen molar-refractivity contribution in [2.45, 2.75) is 6.42 Å². The summed E-state index contributed by atoms with van der Waals surface area (Å²) in [7, 11) is 0. The van der Waals surface area contributed by atoms with E-state index in [1.807, 2.05) is 18.2 Å². The van der Waals surface area contributed by atoms with Gasteiger partial charge in [0.15, 0.2) is 11.5 Å². The molecule has 0 bridgehead atoms. The number of hydrogen-bond acceptors (Lipinski definition) is 4. The second-order valence-corrected chi connectivity index (χ2v) is 5.13. The van der Waals surface area contributed by atoms with Crippen molar-refractivity contribution in [3.8, 4) is 17.2 Å². The number of para-hydroxylation sites is 1. The van der Waals surface area contributed by atoms with Crippen LogP contribution in [0.25, 0.3) is 0 Å². The van der Waals surface area contributed by atoms with Gasteiger partial charge in [0.2, 0.25) is 0 Å². The van der Waals surface area contributed by atoms with Gasteiger partial charge in [-0.15, -0.1) is 0 Å². The van der Waals surface area contributed by atoms with Gasteiger partial charge in [0, 0.05) is 6.54 Å². The molecule has 1 heterocycles. The molecule has 0 radical (unpaired) electrons. The number of nitrogens with one attached hydrogen (secondary N) is 2. The van der Waals surface area contributed by atoms with Crippen LogP contribution in [0.1, 0.15) is 5.56 Å². The highest BCUT2D eigenvalue weighted by Crippen LogP contribution is 2.37. The zero-order valence-corrected chi connectivity index (χ0v) is 12.5. The minimum absolute atomic E-state index is 0.232. The predicted molar refractivity (Wildman–Crippen MR) is 86.3 cm³/mol. The van der Waals surface area contributed by atoms with E-state index in [1.165, 1.54) is 0 Å². The Morgan fingerprint density at radius 2 is 1.87 bits per heavy atom. The van der Waals surface area contributed by atoms with Crippen molar-refractivity contribution >= 4 is 11.7 Å². The van der Waals surface area contributed by atoms with Gasteiger partial charge in [-0.25, -0.2) is 4.79 Å². The van der Waals surface area contributed by atoms with E-state index in [-0.39, 0.29) is 11.8 Å². The summed E-state index contributed by atoms with van der Waals surface area (Å²) < 4.78 is 11.0. The summed E-state index contributed by atoms with van der Waals surface area (Å²) >= 11 is 0. The highest BCUT2D eigenvalue weighted by molar-refractivity contribution is 5.91. The molecular weight excluding hydrogens is 296 g/mol. The van der Waals surface area contributed by atoms with Crippen LogP contribution < -0.4 is 20.1 Å². The number of fused-ring (bicyclic) bond motifs is 1. The number of amides is 2. The van der Waals surface area contributed by atoms with Crippen LogP contribution >= 0.6 is 0 Å². The first-order valence-corrected chi connectivity index (χ1v) is 7.44. The summed E-state index contributed by atoms with van der Waals surface area (Å²) in [6.45, 7) is 1.46. The molecule has 3 N–H and O–H groups in total. The molecule has 0 saturated carbocycles. The third kappa shape index (κ3) is 3.85. The average molecular weight is 314 g/mol. The summed E-state index contributed by atoms with van der Waals surface area (Å²) in [6, 6.07) is 12.0. The van der Waals surface area contributed by atoms with Crippen LogP contribution in [0.2, 0.25) is 0 Å². The Morgan fingerprint density at radius 1 is 1.09 bits per heavy atom. The first-order chi connectivity index (χ1) is 11.2. The second-order valence-electron chi connectivity index (χ2n) is 5.13. The molecule has 0 fully saturated rings. The van der Waals surface area contributed by atoms with Crippen molar-refractivity contribution in [1.82, 2.24) is 5.32 Å². The minimum atomic E-state index is -0.300. The van der Waals surface area contributed by atoms with E-state index in [0.717, 1.165) is 5.56 Å². The molecule has 6 nitrogen and oxygen atoms in total. The number of carbonyl (C=O) groups is 1. The summed E-state index contributed by atoms with van der Waals surface area (Å²) in [6.07, 6.45) is 0.681. The highest BCUT2D eigenvalue weighted by Gasteiger charge is 2.16. The molecule has 0 spiro atoms. The van der Waals surface area contributed by atoms with Crippen molar-refractivity contribution in [2.75, 3.05) is 25.1 Å². The Morgan fingerprint density at radius 3 is 2.70 bits per heavy atom. The Balaban J connectivity index is 1.52. The fourth-order valence-electron chi connectivity index (χ4n) is 2.32. The number of anilines is 1. The number of rotatable bonds is 4. The molecule has 1 aliphatic rings. The SMILES string of the molecule is O=C(NCCc1ccc(O)cc1)Nc1cccc2c1OCCO2. The molecule has 0 aliphatic carbocycles. The van der Waals surface area contributed by atoms with E-state index in [4.69, 9.17) is 9.47 Å². The number of urea groups is 1. The Labute approximate surface area is 134 Å². The van der Waals surface area contributed by atoms with Crippen molar-refractivity contribution in [3.05, 3.63) is 48.0 Å². The highest BCUT2D eigenvalue weighted by atomic mass is 16.6. The lowest BCUT2D eigenvalue weighted by molar-refractivity contribution is 0.172. The maximum atomic E-state index is 12.0. The number of phenols is 1. The molecule has 0 aromatic heterocycles. The predicted octanol–water partition coefficient (Wildman–Crippen LogP) is 2.53. The van der Waals surface area contributed by atoms with Crippen LogP contribution in [0.5, 0.6) is 17.2 Å². The molecule has 0 atom stereocenters. The van der Waals surface area contributed by atoms with Gasteiger partial charge in [-0.05, 0) is 36.2 Å². The lowest BCUT2D eigenvalue weighted by Gasteiger charge is -2.21. The largest absolute Gasteiger partial charge is 0.508 e. The maximum absolute atomic E-state index is 12.0. The van der Waals surface area contributed by atoms with E-state index in [2.05, 4.69) is 10.6 Å². The second kappa shape index (κ2) is 6.91. The van der Waals surface area contributed by atoms with Gasteiger partial charge in [-0.3, -0.25) is 0 Å². The quantitative estimate of drug-likeness (QED) is 0.810. The lowest BCUT2D eigenvalue weighted by atomic mass is 10.1. The summed E-state index contributed by atoms with van der Waals surface area (Å²) in [5.74, 6) is 1.43. The fraction of sp³-hybridized carbons (Fsp3) is 0.235. The topological polar surface area (TPSA) is 79.8 Å². The summed E-state index contributed by atoms with van der Waals surface area (Å²) in [5, 5.41) is 14.8. The van der Waals surface area contributed by atoms with Gasteiger partial charge in [0.1, 0.15) is 19.0 Å². The first-order valence-electron chi connectivity index (χ1n) is 7.44. The van der Waals surface area contributed by atoms with Gasteiger partial charge in [0.25, 0.3) is 0 Å². The number of aromatic hydroxyl groups is 1. The van der Waals surface area contributed by atoms with E-state index in [1.54, 1.807) is 24.3 Å². The lowest BCUT2D eigenvalue weighted by Crippen LogP contribution is -2.31. The van der Waals surface area contributed by atoms with Crippen LogP contribution in [0.4, 0.5) is 10.5 Å². The van der Waals surface area contributed by atoms with Crippen LogP contribution in [0.3, 0.4) is 0 Å². The minimum Gasteiger partial charge on any atom is -0.508 e. The average Bonchev–Trinajstić information content (AvgIpc) is 2.57. The third-order valence-corrected chi connectivity index (χ3v) is 3.45. The summed E-state index contributed by atoms with van der Waals surface area (Å²) in [5.41, 5.74) is 1.63. The van der Waals surface area contributed by atoms with Gasteiger partial charge < -0.3 is 25.2 Å². The van der Waals surface area contributed by atoms with E-state index < -0.39 is 0 Å². The number of carbonyl (C=O) groups excluding carboxylic acids is 1. The number of phenolic OH excluding ortho intramolecular Hbond substituents is 1. The Hall–Kier alpha value is -2.89. The van der Waals surface area contributed by atoms with Crippen molar-refractivity contribution in [1.29, 1.82) is 0 Å². The molecule has 2 amide bonds. The van der Waals surface area contributed by atoms with E-state index in [0.29, 0.717) is 43.4 Å². The van der Waals surface area contributed by atoms with Crippen LogP contribution in [-0.4, -0.2) is 30.9 Å². The third-order valence-electron chi connectivity index (χ3n) is 3.45. The van der Waals surface area contributed by atoms with Crippen molar-refractivity contribution in [3.63, 3.8) is 0 Å². The van der Waals surface area contributed by atoms with Gasteiger partial charge in [-0.2, -0.15) is 0 Å². The fourth-order valence-corrected chi connectivity index (χ4v) is 2.32. The Bertz CT molecular complexity index is 685. The monoisotopic (exact) mass is 314 g/mol. The molecule has 6 heteroatoms. The van der Waals surface area contributed by atoms with Crippen molar-refractivity contribution < 1.29 is 19.4 Å². The molecule has 1 aliphatic heterocycles. The van der Waals surface area contributed by atoms with Crippen LogP contribution in [-0.2, 0) is 6.42 Å². The van der Waals surface area contributed by atoms with Gasteiger partial charge in [0.05, 0.1) is 5.69 Å². The molecule has 120 valence electrons. The molecule has 0 unspecified atom stereocenters. The Kier molecular flexibility index (Phi) is 4.52. The van der Waals surface area contributed by atoms with Crippen molar-refractivity contribution in [2.24, 2.45) is 0 Å². The molecule has 2 aromatic rings. The molecule has 23 heavy (non-hydrogen) atoms. The zero-order valence-electron chi connectivity index (χ0n) is 12.5. The molecule has 2 aromatic carbocycles. The maximum Gasteiger partial charge on any atom is 0.319 e. The number of benzene rings is 2. The number of ether oxygens (including phenoxy) is 2.